The normalized spacial score (nSPS) is 10.8. The van der Waals surface area contributed by atoms with Gasteiger partial charge in [-0.2, -0.15) is 0 Å². The zero-order valence-electron chi connectivity index (χ0n) is 22.1. The lowest BCUT2D eigenvalue weighted by molar-refractivity contribution is 0.0734. The molecule has 0 aliphatic carbocycles. The lowest BCUT2D eigenvalue weighted by Gasteiger charge is -2.10. The Balaban J connectivity index is 1.49. The molecular formula is C32H39ClO4. The third-order valence-corrected chi connectivity index (χ3v) is 6.49. The summed E-state index contributed by atoms with van der Waals surface area (Å²) in [4.78, 5) is 12.6. The molecule has 0 saturated heterocycles. The fourth-order valence-corrected chi connectivity index (χ4v) is 4.21. The first-order valence-electron chi connectivity index (χ1n) is 13.6. The number of ether oxygens (including phenoxy) is 3. The van der Waals surface area contributed by atoms with E-state index in [-0.39, 0.29) is 0 Å². The van der Waals surface area contributed by atoms with E-state index in [1.807, 2.05) is 42.5 Å². The Hall–Kier alpha value is -2.98. The van der Waals surface area contributed by atoms with E-state index < -0.39 is 5.97 Å². The zero-order chi connectivity index (χ0) is 26.3. The summed E-state index contributed by atoms with van der Waals surface area (Å²) in [5, 5.41) is 0.588. The maximum atomic E-state index is 12.6. The predicted octanol–water partition coefficient (Wildman–Crippen LogP) is 9.53. The van der Waals surface area contributed by atoms with Crippen LogP contribution >= 0.6 is 11.6 Å². The minimum Gasteiger partial charge on any atom is -0.494 e. The molecule has 0 unspecified atom stereocenters. The van der Waals surface area contributed by atoms with Gasteiger partial charge in [0.2, 0.25) is 0 Å². The van der Waals surface area contributed by atoms with Crippen LogP contribution in [-0.2, 0) is 0 Å². The van der Waals surface area contributed by atoms with Gasteiger partial charge in [-0.25, -0.2) is 4.79 Å². The van der Waals surface area contributed by atoms with Gasteiger partial charge in [0.15, 0.2) is 0 Å². The second-order valence-corrected chi connectivity index (χ2v) is 9.66. The molecule has 0 N–H and O–H groups in total. The third-order valence-electron chi connectivity index (χ3n) is 6.19. The Morgan fingerprint density at radius 2 is 1.22 bits per heavy atom. The van der Waals surface area contributed by atoms with Crippen LogP contribution in [0.25, 0.3) is 11.1 Å². The van der Waals surface area contributed by atoms with Crippen LogP contribution in [0, 0.1) is 0 Å². The van der Waals surface area contributed by atoms with Crippen LogP contribution in [0.15, 0.2) is 66.7 Å². The molecule has 0 bridgehead atoms. The molecule has 0 heterocycles. The molecule has 0 aliphatic rings. The van der Waals surface area contributed by atoms with Gasteiger partial charge in [0.05, 0.1) is 23.8 Å². The molecule has 37 heavy (non-hydrogen) atoms. The quantitative estimate of drug-likeness (QED) is 0.107. The van der Waals surface area contributed by atoms with Crippen molar-refractivity contribution in [2.75, 3.05) is 13.2 Å². The Morgan fingerprint density at radius 1 is 0.649 bits per heavy atom. The van der Waals surface area contributed by atoms with Gasteiger partial charge >= 0.3 is 5.97 Å². The number of halogens is 1. The molecule has 3 aromatic carbocycles. The van der Waals surface area contributed by atoms with E-state index in [1.165, 1.54) is 32.1 Å². The van der Waals surface area contributed by atoms with Gasteiger partial charge in [-0.1, -0.05) is 88.6 Å². The highest BCUT2D eigenvalue weighted by Gasteiger charge is 2.11. The molecule has 0 aliphatic heterocycles. The van der Waals surface area contributed by atoms with Gasteiger partial charge in [0.25, 0.3) is 0 Å². The Labute approximate surface area is 226 Å². The number of esters is 1. The lowest BCUT2D eigenvalue weighted by atomic mass is 10.0. The molecule has 0 aromatic heterocycles. The standard InChI is InChI=1S/C32H39ClO4/c1-3-5-7-8-9-11-23-36-31-21-16-27(24-30(31)33)25-12-14-26(15-13-25)32(34)37-29-19-17-28(18-20-29)35-22-10-6-4-2/h12-21,24H,3-11,22-23H2,1-2H3. The first-order valence-corrected chi connectivity index (χ1v) is 14.0. The van der Waals surface area contributed by atoms with Crippen LogP contribution < -0.4 is 14.2 Å². The molecule has 0 amide bonds. The maximum Gasteiger partial charge on any atom is 0.343 e. The van der Waals surface area contributed by atoms with Crippen molar-refractivity contribution in [3.63, 3.8) is 0 Å². The predicted molar refractivity (Wildman–Crippen MR) is 152 cm³/mol. The van der Waals surface area contributed by atoms with Crippen molar-refractivity contribution in [1.82, 2.24) is 0 Å². The number of hydrogen-bond acceptors (Lipinski definition) is 4. The van der Waals surface area contributed by atoms with Crippen molar-refractivity contribution in [3.05, 3.63) is 77.3 Å². The summed E-state index contributed by atoms with van der Waals surface area (Å²) in [5.41, 5.74) is 2.41. The second-order valence-electron chi connectivity index (χ2n) is 9.26. The number of benzene rings is 3. The summed E-state index contributed by atoms with van der Waals surface area (Å²) in [5.74, 6) is 1.56. The van der Waals surface area contributed by atoms with Crippen LogP contribution in [0.2, 0.25) is 5.02 Å². The van der Waals surface area contributed by atoms with Crippen LogP contribution in [0.3, 0.4) is 0 Å². The summed E-state index contributed by atoms with van der Waals surface area (Å²) in [6.45, 7) is 5.76. The molecule has 3 rings (SSSR count). The van der Waals surface area contributed by atoms with E-state index >= 15 is 0 Å². The van der Waals surface area contributed by atoms with Gasteiger partial charge in [-0.15, -0.1) is 0 Å². The largest absolute Gasteiger partial charge is 0.494 e. The fourth-order valence-electron chi connectivity index (χ4n) is 3.97. The van der Waals surface area contributed by atoms with E-state index in [4.69, 9.17) is 25.8 Å². The number of rotatable bonds is 16. The monoisotopic (exact) mass is 522 g/mol. The fraction of sp³-hybridized carbons (Fsp3) is 0.406. The maximum absolute atomic E-state index is 12.6. The molecule has 0 atom stereocenters. The molecule has 0 spiro atoms. The minimum atomic E-state index is -0.403. The third kappa shape index (κ3) is 9.77. The first kappa shape index (κ1) is 28.6. The Kier molecular flexibility index (Phi) is 12.4. The van der Waals surface area contributed by atoms with E-state index in [0.717, 1.165) is 42.6 Å². The molecule has 0 radical (unpaired) electrons. The summed E-state index contributed by atoms with van der Waals surface area (Å²) < 4.78 is 17.1. The zero-order valence-corrected chi connectivity index (χ0v) is 22.9. The van der Waals surface area contributed by atoms with E-state index in [9.17, 15) is 4.79 Å². The minimum absolute atomic E-state index is 0.403. The topological polar surface area (TPSA) is 44.8 Å². The molecule has 5 heteroatoms. The highest BCUT2D eigenvalue weighted by atomic mass is 35.5. The van der Waals surface area contributed by atoms with E-state index in [0.29, 0.717) is 35.3 Å². The van der Waals surface area contributed by atoms with Crippen molar-refractivity contribution >= 4 is 17.6 Å². The van der Waals surface area contributed by atoms with Crippen molar-refractivity contribution in [2.45, 2.75) is 71.6 Å². The smallest absolute Gasteiger partial charge is 0.343 e. The highest BCUT2D eigenvalue weighted by molar-refractivity contribution is 6.32. The molecule has 198 valence electrons. The Morgan fingerprint density at radius 3 is 1.92 bits per heavy atom. The summed E-state index contributed by atoms with van der Waals surface area (Å²) in [6.07, 6.45) is 10.7. The summed E-state index contributed by atoms with van der Waals surface area (Å²) in [7, 11) is 0. The van der Waals surface area contributed by atoms with Crippen molar-refractivity contribution in [2.24, 2.45) is 0 Å². The van der Waals surface area contributed by atoms with Crippen LogP contribution in [0.5, 0.6) is 17.2 Å². The molecular weight excluding hydrogens is 484 g/mol. The van der Waals surface area contributed by atoms with Crippen molar-refractivity contribution in [1.29, 1.82) is 0 Å². The van der Waals surface area contributed by atoms with Gasteiger partial charge in [-0.05, 0) is 72.5 Å². The van der Waals surface area contributed by atoms with Crippen LogP contribution in [0.4, 0.5) is 0 Å². The average Bonchev–Trinajstić information content (AvgIpc) is 2.92. The summed E-state index contributed by atoms with van der Waals surface area (Å²) >= 11 is 6.48. The number of carbonyl (C=O) groups excluding carboxylic acids is 1. The molecule has 4 nitrogen and oxygen atoms in total. The lowest BCUT2D eigenvalue weighted by Crippen LogP contribution is -2.08. The average molecular weight is 523 g/mol. The van der Waals surface area contributed by atoms with Gasteiger partial charge < -0.3 is 14.2 Å². The van der Waals surface area contributed by atoms with Gasteiger partial charge in [0.1, 0.15) is 17.2 Å². The van der Waals surface area contributed by atoms with E-state index in [2.05, 4.69) is 13.8 Å². The number of unbranched alkanes of at least 4 members (excludes halogenated alkanes) is 7. The van der Waals surface area contributed by atoms with E-state index in [1.54, 1.807) is 24.3 Å². The van der Waals surface area contributed by atoms with Crippen molar-refractivity contribution < 1.29 is 19.0 Å². The number of carbonyl (C=O) groups is 1. The SMILES string of the molecule is CCCCCCCCOc1ccc(-c2ccc(C(=O)Oc3ccc(OCCCCC)cc3)cc2)cc1Cl. The molecule has 0 fully saturated rings. The highest BCUT2D eigenvalue weighted by Crippen LogP contribution is 2.31. The molecule has 3 aromatic rings. The Bertz CT molecular complexity index is 1080. The number of hydrogen-bond donors (Lipinski definition) is 0. The van der Waals surface area contributed by atoms with Crippen molar-refractivity contribution in [3.8, 4) is 28.4 Å². The summed E-state index contributed by atoms with van der Waals surface area (Å²) in [6, 6.07) is 20.3. The van der Waals surface area contributed by atoms with Crippen LogP contribution in [-0.4, -0.2) is 19.2 Å². The first-order chi connectivity index (χ1) is 18.1. The van der Waals surface area contributed by atoms with Gasteiger partial charge in [-0.3, -0.25) is 0 Å². The second kappa shape index (κ2) is 16.0. The van der Waals surface area contributed by atoms with Crippen LogP contribution in [0.1, 0.15) is 82.0 Å². The van der Waals surface area contributed by atoms with Gasteiger partial charge in [0, 0.05) is 0 Å². The molecule has 0 saturated carbocycles.